The molecule has 2 N–H and O–H groups in total. The minimum absolute atomic E-state index is 0.185. The fourth-order valence-electron chi connectivity index (χ4n) is 2.10. The molecule has 0 bridgehead atoms. The van der Waals surface area contributed by atoms with Crippen molar-refractivity contribution in [2.24, 2.45) is 5.73 Å². The average Bonchev–Trinajstić information content (AvgIpc) is 2.87. The van der Waals surface area contributed by atoms with Gasteiger partial charge >= 0.3 is 5.97 Å². The number of hydrogen-bond donors (Lipinski definition) is 1. The van der Waals surface area contributed by atoms with Crippen LogP contribution in [0.1, 0.15) is 23.0 Å². The number of ether oxygens (including phenoxy) is 1. The van der Waals surface area contributed by atoms with Crippen LogP contribution in [0.25, 0.3) is 0 Å². The van der Waals surface area contributed by atoms with E-state index >= 15 is 0 Å². The lowest BCUT2D eigenvalue weighted by Crippen LogP contribution is -2.39. The molecule has 0 aliphatic rings. The van der Waals surface area contributed by atoms with Gasteiger partial charge in [0.15, 0.2) is 0 Å². The van der Waals surface area contributed by atoms with Crippen LogP contribution in [0.3, 0.4) is 0 Å². The number of carbonyl (C=O) groups excluding carboxylic acids is 1. The number of rotatable bonds is 4. The average molecular weight is 356 g/mol. The molecule has 1 unspecified atom stereocenters. The summed E-state index contributed by atoms with van der Waals surface area (Å²) < 4.78 is 21.0. The van der Waals surface area contributed by atoms with Crippen molar-refractivity contribution in [3.63, 3.8) is 0 Å². The molecule has 0 aliphatic heterocycles. The van der Waals surface area contributed by atoms with Gasteiger partial charge in [-0.1, -0.05) is 15.9 Å². The van der Waals surface area contributed by atoms with Crippen LogP contribution in [0.5, 0.6) is 0 Å². The Labute approximate surface area is 130 Å². The van der Waals surface area contributed by atoms with E-state index in [4.69, 9.17) is 5.73 Å². The third-order valence-corrected chi connectivity index (χ3v) is 3.64. The molecule has 1 heterocycles. The van der Waals surface area contributed by atoms with Crippen LogP contribution in [0.2, 0.25) is 0 Å². The molecule has 1 aromatic heterocycles. The topological polar surface area (TPSA) is 70.1 Å². The largest absolute Gasteiger partial charge is 0.464 e. The van der Waals surface area contributed by atoms with Crippen molar-refractivity contribution in [3.05, 3.63) is 52.3 Å². The van der Waals surface area contributed by atoms with E-state index < -0.39 is 17.3 Å². The first-order valence-electron chi connectivity index (χ1n) is 6.18. The van der Waals surface area contributed by atoms with Crippen molar-refractivity contribution >= 4 is 21.9 Å². The molecule has 5 nitrogen and oxygen atoms in total. The van der Waals surface area contributed by atoms with E-state index in [-0.39, 0.29) is 12.2 Å². The van der Waals surface area contributed by atoms with Crippen molar-refractivity contribution in [2.45, 2.75) is 19.0 Å². The minimum atomic E-state index is -1.02. The Hall–Kier alpha value is -1.73. The summed E-state index contributed by atoms with van der Waals surface area (Å²) in [6.45, 7) is 1.88. The van der Waals surface area contributed by atoms with E-state index in [0.29, 0.717) is 5.56 Å². The lowest BCUT2D eigenvalue weighted by atomic mass is 9.92. The first kappa shape index (κ1) is 15.7. The van der Waals surface area contributed by atoms with Crippen LogP contribution in [0.15, 0.2) is 35.2 Å². The highest BCUT2D eigenvalue weighted by Crippen LogP contribution is 2.26. The van der Waals surface area contributed by atoms with E-state index in [1.54, 1.807) is 23.6 Å². The van der Waals surface area contributed by atoms with Crippen molar-refractivity contribution < 1.29 is 13.9 Å². The van der Waals surface area contributed by atoms with Gasteiger partial charge in [-0.3, -0.25) is 0 Å². The number of methoxy groups -OCH3 is 1. The monoisotopic (exact) mass is 355 g/mol. The Balaban J connectivity index is 2.35. The van der Waals surface area contributed by atoms with E-state index in [9.17, 15) is 9.18 Å². The molecule has 112 valence electrons. The van der Waals surface area contributed by atoms with Crippen LogP contribution in [0, 0.1) is 5.82 Å². The number of carbonyl (C=O) groups is 1. The van der Waals surface area contributed by atoms with Crippen molar-refractivity contribution in [1.29, 1.82) is 0 Å². The SMILES string of the molecule is COC(=O)c1cncn1CC(C)(N)c1cc(Br)ccc1F. The molecule has 0 amide bonds. The van der Waals surface area contributed by atoms with Gasteiger partial charge in [-0.25, -0.2) is 14.2 Å². The lowest BCUT2D eigenvalue weighted by Gasteiger charge is -2.27. The fourth-order valence-corrected chi connectivity index (χ4v) is 2.46. The Kier molecular flexibility index (Phi) is 4.43. The number of nitrogens with zero attached hydrogens (tertiary/aromatic N) is 2. The Bertz CT molecular complexity index is 670. The summed E-state index contributed by atoms with van der Waals surface area (Å²) in [4.78, 5) is 15.5. The van der Waals surface area contributed by atoms with Gasteiger partial charge in [0, 0.05) is 16.6 Å². The predicted molar refractivity (Wildman–Crippen MR) is 79.2 cm³/mol. The maximum atomic E-state index is 14.0. The second-order valence-electron chi connectivity index (χ2n) is 4.94. The van der Waals surface area contributed by atoms with Gasteiger partial charge in [-0.15, -0.1) is 0 Å². The van der Waals surface area contributed by atoms with E-state index in [1.807, 2.05) is 0 Å². The van der Waals surface area contributed by atoms with Gasteiger partial charge in [-0.2, -0.15) is 0 Å². The molecule has 0 saturated heterocycles. The maximum Gasteiger partial charge on any atom is 0.356 e. The zero-order valence-electron chi connectivity index (χ0n) is 11.6. The van der Waals surface area contributed by atoms with Gasteiger partial charge < -0.3 is 15.0 Å². The highest BCUT2D eigenvalue weighted by molar-refractivity contribution is 9.10. The summed E-state index contributed by atoms with van der Waals surface area (Å²) >= 11 is 3.30. The normalized spacial score (nSPS) is 13.8. The van der Waals surface area contributed by atoms with Crippen LogP contribution >= 0.6 is 15.9 Å². The molecule has 0 saturated carbocycles. The number of halogens is 2. The number of benzene rings is 1. The van der Waals surface area contributed by atoms with Crippen LogP contribution in [0.4, 0.5) is 4.39 Å². The Morgan fingerprint density at radius 1 is 1.57 bits per heavy atom. The number of hydrogen-bond acceptors (Lipinski definition) is 4. The predicted octanol–water partition coefficient (Wildman–Crippen LogP) is 2.45. The molecule has 0 fully saturated rings. The van der Waals surface area contributed by atoms with E-state index in [0.717, 1.165) is 4.47 Å². The Morgan fingerprint density at radius 3 is 2.95 bits per heavy atom. The summed E-state index contributed by atoms with van der Waals surface area (Å²) in [6, 6.07) is 4.58. The molecule has 0 aliphatic carbocycles. The number of nitrogens with two attached hydrogens (primary N) is 1. The number of imidazole rings is 1. The van der Waals surface area contributed by atoms with Gasteiger partial charge in [0.1, 0.15) is 11.5 Å². The van der Waals surface area contributed by atoms with E-state index in [2.05, 4.69) is 25.7 Å². The molecule has 0 radical (unpaired) electrons. The summed E-state index contributed by atoms with van der Waals surface area (Å²) in [5, 5.41) is 0. The smallest absolute Gasteiger partial charge is 0.356 e. The molecular formula is C14H15BrFN3O2. The quantitative estimate of drug-likeness (QED) is 0.855. The zero-order chi connectivity index (χ0) is 15.6. The standard InChI is InChI=1S/C14H15BrFN3O2/c1-14(17,10-5-9(15)3-4-11(10)16)7-19-8-18-6-12(19)13(20)21-2/h3-6,8H,7,17H2,1-2H3. The van der Waals surface area contributed by atoms with Crippen LogP contribution < -0.4 is 5.73 Å². The van der Waals surface area contributed by atoms with Crippen LogP contribution in [-0.2, 0) is 16.8 Å². The second kappa shape index (κ2) is 5.95. The lowest BCUT2D eigenvalue weighted by molar-refractivity contribution is 0.0587. The summed E-state index contributed by atoms with van der Waals surface area (Å²) in [5.74, 6) is -0.916. The zero-order valence-corrected chi connectivity index (χ0v) is 13.2. The molecule has 2 aromatic rings. The highest BCUT2D eigenvalue weighted by Gasteiger charge is 2.27. The highest BCUT2D eigenvalue weighted by atomic mass is 79.9. The van der Waals surface area contributed by atoms with Gasteiger partial charge in [0.05, 0.1) is 25.2 Å². The summed E-state index contributed by atoms with van der Waals surface area (Å²) in [5.41, 5.74) is 5.85. The molecule has 1 atom stereocenters. The minimum Gasteiger partial charge on any atom is -0.464 e. The molecule has 1 aromatic carbocycles. The summed E-state index contributed by atoms with van der Waals surface area (Å²) in [6.07, 6.45) is 2.85. The van der Waals surface area contributed by atoms with Crippen molar-refractivity contribution in [2.75, 3.05) is 7.11 Å². The third kappa shape index (κ3) is 3.30. The van der Waals surface area contributed by atoms with Crippen LogP contribution in [-0.4, -0.2) is 22.6 Å². The first-order valence-corrected chi connectivity index (χ1v) is 6.97. The Morgan fingerprint density at radius 2 is 2.29 bits per heavy atom. The molecular weight excluding hydrogens is 341 g/mol. The maximum absolute atomic E-state index is 14.0. The molecule has 21 heavy (non-hydrogen) atoms. The van der Waals surface area contributed by atoms with E-state index in [1.165, 1.54) is 25.7 Å². The van der Waals surface area contributed by atoms with Crippen molar-refractivity contribution in [1.82, 2.24) is 9.55 Å². The molecule has 0 spiro atoms. The molecule has 2 rings (SSSR count). The van der Waals surface area contributed by atoms with Crippen molar-refractivity contribution in [3.8, 4) is 0 Å². The fraction of sp³-hybridized carbons (Fsp3) is 0.286. The van der Waals surface area contributed by atoms with Gasteiger partial charge in [0.2, 0.25) is 0 Å². The van der Waals surface area contributed by atoms with Gasteiger partial charge in [0.25, 0.3) is 0 Å². The van der Waals surface area contributed by atoms with Gasteiger partial charge in [-0.05, 0) is 25.1 Å². The second-order valence-corrected chi connectivity index (χ2v) is 5.86. The number of esters is 1. The first-order chi connectivity index (χ1) is 9.85. The number of aromatic nitrogens is 2. The summed E-state index contributed by atoms with van der Waals surface area (Å²) in [7, 11) is 1.29. The third-order valence-electron chi connectivity index (χ3n) is 3.15. The molecule has 7 heteroatoms.